The summed E-state index contributed by atoms with van der Waals surface area (Å²) >= 11 is 0. The Morgan fingerprint density at radius 2 is 2.27 bits per heavy atom. The van der Waals surface area contributed by atoms with Crippen molar-refractivity contribution in [3.63, 3.8) is 0 Å². The van der Waals surface area contributed by atoms with Crippen LogP contribution in [0.3, 0.4) is 0 Å². The number of hydrogen-bond acceptors (Lipinski definition) is 3. The van der Waals surface area contributed by atoms with Crippen LogP contribution in [-0.4, -0.2) is 31.1 Å². The summed E-state index contributed by atoms with van der Waals surface area (Å²) in [6.45, 7) is 6.90. The molecule has 1 fully saturated rings. The van der Waals surface area contributed by atoms with Crippen molar-refractivity contribution in [1.82, 2.24) is 0 Å². The first-order valence-corrected chi connectivity index (χ1v) is 7.46. The van der Waals surface area contributed by atoms with Gasteiger partial charge in [0.05, 0.1) is 6.10 Å². The minimum atomic E-state index is -0.507. The molecule has 2 N–H and O–H groups in total. The molecule has 1 aromatic rings. The van der Waals surface area contributed by atoms with E-state index in [9.17, 15) is 9.59 Å². The summed E-state index contributed by atoms with van der Waals surface area (Å²) < 4.78 is 5.55. The van der Waals surface area contributed by atoms with Gasteiger partial charge in [0.1, 0.15) is 0 Å². The molecule has 1 aromatic carbocycles. The molecule has 0 aliphatic carbocycles. The molecule has 118 valence electrons. The fourth-order valence-electron chi connectivity index (χ4n) is 2.78. The van der Waals surface area contributed by atoms with E-state index in [1.165, 1.54) is 6.08 Å². The summed E-state index contributed by atoms with van der Waals surface area (Å²) in [6, 6.07) is 6.81. The number of amides is 2. The number of hydrogen-bond donors (Lipinski definition) is 1. The standard InChI is InChI=1S/C17H22N2O3/c1-3-16(20)19(11-13-7-8-22-12(2)9-13)15-6-4-5-14(10-15)17(18)21/h3-6,10,12-13H,1,7-9,11H2,2H3,(H2,18,21). The van der Waals surface area contributed by atoms with Crippen molar-refractivity contribution in [2.45, 2.75) is 25.9 Å². The Kier molecular flexibility index (Phi) is 5.33. The number of ether oxygens (including phenoxy) is 1. The third kappa shape index (κ3) is 3.95. The Bertz CT molecular complexity index is 571. The van der Waals surface area contributed by atoms with Crippen LogP contribution in [0, 0.1) is 5.92 Å². The highest BCUT2D eigenvalue weighted by Crippen LogP contribution is 2.25. The predicted octanol–water partition coefficient (Wildman–Crippen LogP) is 2.12. The molecule has 2 atom stereocenters. The summed E-state index contributed by atoms with van der Waals surface area (Å²) in [6.07, 6.45) is 3.33. The molecule has 5 nitrogen and oxygen atoms in total. The second-order valence-corrected chi connectivity index (χ2v) is 5.64. The van der Waals surface area contributed by atoms with E-state index >= 15 is 0 Å². The van der Waals surface area contributed by atoms with Gasteiger partial charge in [0.15, 0.2) is 0 Å². The zero-order valence-electron chi connectivity index (χ0n) is 12.8. The largest absolute Gasteiger partial charge is 0.378 e. The number of nitrogens with zero attached hydrogens (tertiary/aromatic N) is 1. The average Bonchev–Trinajstić information content (AvgIpc) is 2.52. The first-order chi connectivity index (χ1) is 10.5. The highest BCUT2D eigenvalue weighted by molar-refractivity contribution is 6.02. The number of carbonyl (C=O) groups excluding carboxylic acids is 2. The van der Waals surface area contributed by atoms with Crippen molar-refractivity contribution in [2.24, 2.45) is 11.7 Å². The molecular formula is C17H22N2O3. The molecule has 1 aliphatic heterocycles. The number of rotatable bonds is 5. The lowest BCUT2D eigenvalue weighted by molar-refractivity contribution is -0.114. The van der Waals surface area contributed by atoms with Crippen LogP contribution >= 0.6 is 0 Å². The molecule has 0 radical (unpaired) electrons. The van der Waals surface area contributed by atoms with Gasteiger partial charge in [0.25, 0.3) is 0 Å². The van der Waals surface area contributed by atoms with Gasteiger partial charge in [0, 0.05) is 24.4 Å². The van der Waals surface area contributed by atoms with Gasteiger partial charge in [-0.3, -0.25) is 9.59 Å². The minimum Gasteiger partial charge on any atom is -0.378 e. The number of primary amides is 1. The van der Waals surface area contributed by atoms with Crippen LogP contribution in [0.4, 0.5) is 5.69 Å². The molecule has 2 amide bonds. The minimum absolute atomic E-state index is 0.180. The summed E-state index contributed by atoms with van der Waals surface area (Å²) in [7, 11) is 0. The summed E-state index contributed by atoms with van der Waals surface area (Å²) in [5.74, 6) is -0.321. The SMILES string of the molecule is C=CC(=O)N(CC1CCOC(C)C1)c1cccc(C(N)=O)c1. The van der Waals surface area contributed by atoms with Crippen molar-refractivity contribution in [1.29, 1.82) is 0 Å². The zero-order chi connectivity index (χ0) is 16.1. The van der Waals surface area contributed by atoms with E-state index in [1.807, 2.05) is 6.92 Å². The highest BCUT2D eigenvalue weighted by Gasteiger charge is 2.24. The molecule has 5 heteroatoms. The van der Waals surface area contributed by atoms with Gasteiger partial charge >= 0.3 is 0 Å². The first kappa shape index (κ1) is 16.2. The van der Waals surface area contributed by atoms with Crippen LogP contribution in [0.5, 0.6) is 0 Å². The third-order valence-electron chi connectivity index (χ3n) is 3.92. The van der Waals surface area contributed by atoms with E-state index in [2.05, 4.69) is 6.58 Å². The Morgan fingerprint density at radius 3 is 2.91 bits per heavy atom. The summed E-state index contributed by atoms with van der Waals surface area (Å²) in [5, 5.41) is 0. The van der Waals surface area contributed by atoms with Crippen LogP contribution in [-0.2, 0) is 9.53 Å². The molecule has 2 unspecified atom stereocenters. The Balaban J connectivity index is 2.22. The first-order valence-electron chi connectivity index (χ1n) is 7.46. The molecule has 0 saturated carbocycles. The van der Waals surface area contributed by atoms with Crippen LogP contribution in [0.15, 0.2) is 36.9 Å². The van der Waals surface area contributed by atoms with Crippen LogP contribution in [0.1, 0.15) is 30.1 Å². The molecule has 0 bridgehead atoms. The van der Waals surface area contributed by atoms with E-state index in [1.54, 1.807) is 29.2 Å². The predicted molar refractivity (Wildman–Crippen MR) is 85.6 cm³/mol. The molecule has 22 heavy (non-hydrogen) atoms. The van der Waals surface area contributed by atoms with E-state index < -0.39 is 5.91 Å². The van der Waals surface area contributed by atoms with Crippen molar-refractivity contribution < 1.29 is 14.3 Å². The third-order valence-corrected chi connectivity index (χ3v) is 3.92. The second-order valence-electron chi connectivity index (χ2n) is 5.64. The lowest BCUT2D eigenvalue weighted by atomic mass is 9.95. The van der Waals surface area contributed by atoms with Gasteiger partial charge in [-0.2, -0.15) is 0 Å². The molecule has 0 aromatic heterocycles. The van der Waals surface area contributed by atoms with Gasteiger partial charge in [-0.1, -0.05) is 12.6 Å². The fourth-order valence-corrected chi connectivity index (χ4v) is 2.78. The topological polar surface area (TPSA) is 72.6 Å². The van der Waals surface area contributed by atoms with Crippen molar-refractivity contribution in [3.05, 3.63) is 42.5 Å². The number of anilines is 1. The van der Waals surface area contributed by atoms with Crippen molar-refractivity contribution >= 4 is 17.5 Å². The maximum absolute atomic E-state index is 12.2. The molecule has 1 heterocycles. The normalized spacial score (nSPS) is 21.1. The van der Waals surface area contributed by atoms with Gasteiger partial charge in [-0.15, -0.1) is 0 Å². The van der Waals surface area contributed by atoms with Crippen LogP contribution in [0.25, 0.3) is 0 Å². The molecule has 2 rings (SSSR count). The number of benzene rings is 1. The molecular weight excluding hydrogens is 280 g/mol. The van der Waals surface area contributed by atoms with Crippen molar-refractivity contribution in [2.75, 3.05) is 18.1 Å². The fraction of sp³-hybridized carbons (Fsp3) is 0.412. The van der Waals surface area contributed by atoms with E-state index in [0.717, 1.165) is 12.8 Å². The van der Waals surface area contributed by atoms with E-state index in [4.69, 9.17) is 10.5 Å². The number of nitrogens with two attached hydrogens (primary N) is 1. The van der Waals surface area contributed by atoms with E-state index in [-0.39, 0.29) is 12.0 Å². The van der Waals surface area contributed by atoms with Gasteiger partial charge in [-0.25, -0.2) is 0 Å². The van der Waals surface area contributed by atoms with Crippen molar-refractivity contribution in [3.8, 4) is 0 Å². The second kappa shape index (κ2) is 7.22. The smallest absolute Gasteiger partial charge is 0.250 e. The van der Waals surface area contributed by atoms with Gasteiger partial charge in [0.2, 0.25) is 11.8 Å². The lowest BCUT2D eigenvalue weighted by Gasteiger charge is -2.32. The Hall–Kier alpha value is -2.14. The molecule has 0 spiro atoms. The van der Waals surface area contributed by atoms with Gasteiger partial charge < -0.3 is 15.4 Å². The molecule has 1 saturated heterocycles. The highest BCUT2D eigenvalue weighted by atomic mass is 16.5. The zero-order valence-corrected chi connectivity index (χ0v) is 12.8. The maximum Gasteiger partial charge on any atom is 0.250 e. The monoisotopic (exact) mass is 302 g/mol. The van der Waals surface area contributed by atoms with Gasteiger partial charge in [-0.05, 0) is 50.0 Å². The van der Waals surface area contributed by atoms with E-state index in [0.29, 0.717) is 30.3 Å². The Labute approximate surface area is 130 Å². The average molecular weight is 302 g/mol. The Morgan fingerprint density at radius 1 is 1.50 bits per heavy atom. The summed E-state index contributed by atoms with van der Waals surface area (Å²) in [4.78, 5) is 25.2. The number of carbonyl (C=O) groups is 2. The summed E-state index contributed by atoms with van der Waals surface area (Å²) in [5.41, 5.74) is 6.37. The molecule has 1 aliphatic rings. The quantitative estimate of drug-likeness (QED) is 0.847. The lowest BCUT2D eigenvalue weighted by Crippen LogP contribution is -2.37. The van der Waals surface area contributed by atoms with Crippen LogP contribution in [0.2, 0.25) is 0 Å². The van der Waals surface area contributed by atoms with Crippen LogP contribution < -0.4 is 10.6 Å². The maximum atomic E-state index is 12.2.